The second-order valence-corrected chi connectivity index (χ2v) is 7.80. The average Bonchev–Trinajstić information content (AvgIpc) is 3.18. The quantitative estimate of drug-likeness (QED) is 0.630. The summed E-state index contributed by atoms with van der Waals surface area (Å²) in [7, 11) is 1.99. The summed E-state index contributed by atoms with van der Waals surface area (Å²) < 4.78 is 16.6. The molecule has 1 aliphatic rings. The summed E-state index contributed by atoms with van der Waals surface area (Å²) in [5, 5.41) is 0. The molecular weight excluding hydrogens is 379 g/mol. The van der Waals surface area contributed by atoms with Gasteiger partial charge in [0.25, 0.3) is 0 Å². The van der Waals surface area contributed by atoms with E-state index in [1.165, 1.54) is 6.07 Å². The SMILES string of the molecule is Cn1ccnc1CN1CCN(C(=O)CC(c2ccccc2)c2ccccc2F)CC1. The number of hydrogen-bond donors (Lipinski definition) is 0. The number of aryl methyl sites for hydroxylation is 1. The van der Waals surface area contributed by atoms with Gasteiger partial charge >= 0.3 is 0 Å². The first-order chi connectivity index (χ1) is 14.6. The van der Waals surface area contributed by atoms with Gasteiger partial charge in [-0.15, -0.1) is 0 Å². The molecule has 1 aliphatic heterocycles. The van der Waals surface area contributed by atoms with Crippen molar-refractivity contribution >= 4 is 5.91 Å². The molecule has 0 bridgehead atoms. The second-order valence-electron chi connectivity index (χ2n) is 7.80. The Morgan fingerprint density at radius 1 is 1.03 bits per heavy atom. The van der Waals surface area contributed by atoms with Crippen LogP contribution < -0.4 is 0 Å². The Balaban J connectivity index is 1.42. The first-order valence-electron chi connectivity index (χ1n) is 10.4. The van der Waals surface area contributed by atoms with Crippen LogP contribution in [0.3, 0.4) is 0 Å². The van der Waals surface area contributed by atoms with Gasteiger partial charge in [-0.1, -0.05) is 48.5 Å². The van der Waals surface area contributed by atoms with Gasteiger partial charge < -0.3 is 9.47 Å². The Morgan fingerprint density at radius 3 is 2.40 bits per heavy atom. The zero-order valence-electron chi connectivity index (χ0n) is 17.2. The largest absolute Gasteiger partial charge is 0.340 e. The highest BCUT2D eigenvalue weighted by molar-refractivity contribution is 5.78. The van der Waals surface area contributed by atoms with Crippen LogP contribution >= 0.6 is 0 Å². The molecule has 30 heavy (non-hydrogen) atoms. The lowest BCUT2D eigenvalue weighted by molar-refractivity contribution is -0.133. The molecule has 0 aliphatic carbocycles. The normalized spacial score (nSPS) is 15.9. The first kappa shape index (κ1) is 20.3. The van der Waals surface area contributed by atoms with Crippen LogP contribution in [0.2, 0.25) is 0 Å². The van der Waals surface area contributed by atoms with Crippen LogP contribution in [0, 0.1) is 5.82 Å². The number of nitrogens with zero attached hydrogens (tertiary/aromatic N) is 4. The number of hydrogen-bond acceptors (Lipinski definition) is 3. The summed E-state index contributed by atoms with van der Waals surface area (Å²) in [5.41, 5.74) is 1.54. The molecule has 156 valence electrons. The third-order valence-electron chi connectivity index (χ3n) is 5.87. The second kappa shape index (κ2) is 9.22. The van der Waals surface area contributed by atoms with Gasteiger partial charge in [0.2, 0.25) is 5.91 Å². The summed E-state index contributed by atoms with van der Waals surface area (Å²) in [6, 6.07) is 16.5. The van der Waals surface area contributed by atoms with Crippen molar-refractivity contribution in [1.82, 2.24) is 19.4 Å². The molecule has 1 aromatic heterocycles. The molecule has 1 unspecified atom stereocenters. The van der Waals surface area contributed by atoms with Crippen molar-refractivity contribution in [3.8, 4) is 0 Å². The zero-order valence-corrected chi connectivity index (χ0v) is 17.2. The third kappa shape index (κ3) is 4.60. The first-order valence-corrected chi connectivity index (χ1v) is 10.4. The molecule has 2 heterocycles. The minimum absolute atomic E-state index is 0.0729. The molecule has 6 heteroatoms. The summed E-state index contributed by atoms with van der Waals surface area (Å²) in [5.74, 6) is 0.548. The van der Waals surface area contributed by atoms with Crippen LogP contribution in [0.15, 0.2) is 67.0 Å². The van der Waals surface area contributed by atoms with E-state index in [4.69, 9.17) is 0 Å². The fourth-order valence-electron chi connectivity index (χ4n) is 4.06. The van der Waals surface area contributed by atoms with Crippen molar-refractivity contribution in [3.05, 3.63) is 89.8 Å². The summed E-state index contributed by atoms with van der Waals surface area (Å²) in [4.78, 5) is 21.7. The Kier molecular flexibility index (Phi) is 6.23. The fourth-order valence-corrected chi connectivity index (χ4v) is 4.06. The van der Waals surface area contributed by atoms with Crippen LogP contribution in [0.1, 0.15) is 29.3 Å². The monoisotopic (exact) mass is 406 g/mol. The van der Waals surface area contributed by atoms with Crippen molar-refractivity contribution < 1.29 is 9.18 Å². The van der Waals surface area contributed by atoms with Crippen LogP contribution in [-0.4, -0.2) is 51.4 Å². The third-order valence-corrected chi connectivity index (χ3v) is 5.87. The van der Waals surface area contributed by atoms with Gasteiger partial charge in [0.1, 0.15) is 11.6 Å². The molecule has 2 aromatic carbocycles. The van der Waals surface area contributed by atoms with E-state index in [2.05, 4.69) is 9.88 Å². The lowest BCUT2D eigenvalue weighted by Gasteiger charge is -2.35. The Labute approximate surface area is 176 Å². The van der Waals surface area contributed by atoms with Gasteiger partial charge in [0.15, 0.2) is 0 Å². The van der Waals surface area contributed by atoms with Gasteiger partial charge in [-0.25, -0.2) is 9.37 Å². The van der Waals surface area contributed by atoms with Crippen LogP contribution in [0.4, 0.5) is 4.39 Å². The number of benzene rings is 2. The van der Waals surface area contributed by atoms with Gasteiger partial charge in [-0.3, -0.25) is 9.69 Å². The minimum atomic E-state index is -0.287. The maximum Gasteiger partial charge on any atom is 0.223 e. The van der Waals surface area contributed by atoms with Crippen molar-refractivity contribution in [2.24, 2.45) is 7.05 Å². The average molecular weight is 407 g/mol. The van der Waals surface area contributed by atoms with E-state index < -0.39 is 0 Å². The predicted octanol–water partition coefficient (Wildman–Crippen LogP) is 3.43. The maximum absolute atomic E-state index is 14.5. The molecule has 0 spiro atoms. The van der Waals surface area contributed by atoms with E-state index in [0.717, 1.165) is 31.0 Å². The molecule has 3 aromatic rings. The number of aromatic nitrogens is 2. The molecule has 4 rings (SSSR count). The van der Waals surface area contributed by atoms with E-state index in [0.29, 0.717) is 18.7 Å². The van der Waals surface area contributed by atoms with Gasteiger partial charge in [-0.05, 0) is 17.2 Å². The Hall–Kier alpha value is -2.99. The lowest BCUT2D eigenvalue weighted by Crippen LogP contribution is -2.48. The zero-order chi connectivity index (χ0) is 20.9. The molecule has 0 N–H and O–H groups in total. The molecule has 1 atom stereocenters. The molecule has 1 saturated heterocycles. The minimum Gasteiger partial charge on any atom is -0.340 e. The Morgan fingerprint density at radius 2 is 1.73 bits per heavy atom. The number of piperazine rings is 1. The van der Waals surface area contributed by atoms with E-state index in [1.807, 2.05) is 65.3 Å². The molecular formula is C24H27FN4O. The van der Waals surface area contributed by atoms with Crippen LogP contribution in [0.25, 0.3) is 0 Å². The number of rotatable bonds is 6. The highest BCUT2D eigenvalue weighted by Gasteiger charge is 2.26. The standard InChI is InChI=1S/C24H27FN4O/c1-27-12-11-26-23(27)18-28-13-15-29(16-14-28)24(30)17-21(19-7-3-2-4-8-19)20-9-5-6-10-22(20)25/h2-12,21H,13-18H2,1H3. The Bertz CT molecular complexity index is 980. The van der Waals surface area contributed by atoms with Crippen molar-refractivity contribution in [1.29, 1.82) is 0 Å². The van der Waals surface area contributed by atoms with Crippen molar-refractivity contribution in [3.63, 3.8) is 0 Å². The van der Waals surface area contributed by atoms with Crippen LogP contribution in [-0.2, 0) is 18.4 Å². The fraction of sp³-hybridized carbons (Fsp3) is 0.333. The number of imidazole rings is 1. The lowest BCUT2D eigenvalue weighted by atomic mass is 9.87. The van der Waals surface area contributed by atoms with Crippen molar-refractivity contribution in [2.45, 2.75) is 18.9 Å². The van der Waals surface area contributed by atoms with E-state index in [9.17, 15) is 9.18 Å². The molecule has 0 radical (unpaired) electrons. The molecule has 5 nitrogen and oxygen atoms in total. The van der Waals surface area contributed by atoms with E-state index >= 15 is 0 Å². The molecule has 1 amide bonds. The highest BCUT2D eigenvalue weighted by atomic mass is 19.1. The number of carbonyl (C=O) groups excluding carboxylic acids is 1. The van der Waals surface area contributed by atoms with E-state index in [1.54, 1.807) is 12.1 Å². The van der Waals surface area contributed by atoms with E-state index in [-0.39, 0.29) is 24.1 Å². The number of amides is 1. The van der Waals surface area contributed by atoms with Crippen molar-refractivity contribution in [2.75, 3.05) is 26.2 Å². The summed E-state index contributed by atoms with van der Waals surface area (Å²) in [6.07, 6.45) is 4.02. The molecule has 0 saturated carbocycles. The number of halogens is 1. The van der Waals surface area contributed by atoms with Gasteiger partial charge in [0.05, 0.1) is 6.54 Å². The summed E-state index contributed by atoms with van der Waals surface area (Å²) in [6.45, 7) is 3.78. The topological polar surface area (TPSA) is 41.4 Å². The molecule has 1 fully saturated rings. The van der Waals surface area contributed by atoms with Crippen LogP contribution in [0.5, 0.6) is 0 Å². The highest BCUT2D eigenvalue weighted by Crippen LogP contribution is 2.30. The smallest absolute Gasteiger partial charge is 0.223 e. The predicted molar refractivity (Wildman–Crippen MR) is 114 cm³/mol. The van der Waals surface area contributed by atoms with Gasteiger partial charge in [0, 0.05) is 58.0 Å². The number of carbonyl (C=O) groups is 1. The van der Waals surface area contributed by atoms with Gasteiger partial charge in [-0.2, -0.15) is 0 Å². The maximum atomic E-state index is 14.5. The summed E-state index contributed by atoms with van der Waals surface area (Å²) >= 11 is 0.